The summed E-state index contributed by atoms with van der Waals surface area (Å²) in [7, 11) is 4.54. The number of nitrogens with one attached hydrogen (secondary N) is 1. The molecule has 8 heteroatoms. The Morgan fingerprint density at radius 1 is 1.00 bits per heavy atom. The van der Waals surface area contributed by atoms with E-state index < -0.39 is 5.91 Å². The number of rotatable bonds is 7. The van der Waals surface area contributed by atoms with Crippen LogP contribution in [0.15, 0.2) is 24.3 Å². The van der Waals surface area contributed by atoms with Gasteiger partial charge in [0.25, 0.3) is 0 Å². The molecule has 1 N–H and O–H groups in total. The van der Waals surface area contributed by atoms with Gasteiger partial charge in [-0.15, -0.1) is 0 Å². The molecule has 1 saturated heterocycles. The molecule has 3 amide bonds. The molecule has 0 aromatic heterocycles. The minimum Gasteiger partial charge on any atom is -0.493 e. The predicted molar refractivity (Wildman–Crippen MR) is 100 cm³/mol. The summed E-state index contributed by atoms with van der Waals surface area (Å²) in [5.74, 6) is -0.169. The molecule has 8 nitrogen and oxygen atoms in total. The topological polar surface area (TPSA) is 94.2 Å². The van der Waals surface area contributed by atoms with Crippen LogP contribution in [0.2, 0.25) is 0 Å². The molecule has 150 valence electrons. The van der Waals surface area contributed by atoms with Crippen molar-refractivity contribution in [2.24, 2.45) is 11.8 Å². The van der Waals surface area contributed by atoms with Crippen LogP contribution in [0.1, 0.15) is 18.4 Å². The summed E-state index contributed by atoms with van der Waals surface area (Å²) in [6, 6.07) is 3.46. The zero-order valence-electron chi connectivity index (χ0n) is 16.2. The van der Waals surface area contributed by atoms with E-state index in [0.717, 1.165) is 10.5 Å². The summed E-state index contributed by atoms with van der Waals surface area (Å²) in [6.07, 6.45) is 4.94. The number of fused-ring (bicyclic) bond motifs is 1. The second-order valence-electron chi connectivity index (χ2n) is 6.73. The van der Waals surface area contributed by atoms with Crippen LogP contribution in [-0.2, 0) is 20.9 Å². The van der Waals surface area contributed by atoms with Crippen molar-refractivity contribution in [2.45, 2.75) is 19.4 Å². The minimum absolute atomic E-state index is 0.195. The third-order valence-electron chi connectivity index (χ3n) is 5.11. The molecule has 1 aromatic carbocycles. The number of allylic oxidation sites excluding steroid dienone is 2. The highest BCUT2D eigenvalue weighted by molar-refractivity contribution is 6.07. The maximum absolute atomic E-state index is 12.4. The van der Waals surface area contributed by atoms with Crippen LogP contribution in [0.25, 0.3) is 0 Å². The Balaban J connectivity index is 1.63. The van der Waals surface area contributed by atoms with Gasteiger partial charge in [-0.25, -0.2) is 0 Å². The number of hydrogen-bond donors (Lipinski definition) is 1. The lowest BCUT2D eigenvalue weighted by Gasteiger charge is -2.16. The number of nitrogens with zero attached hydrogens (tertiary/aromatic N) is 1. The third-order valence-corrected chi connectivity index (χ3v) is 5.11. The van der Waals surface area contributed by atoms with E-state index in [2.05, 4.69) is 5.32 Å². The van der Waals surface area contributed by atoms with Crippen molar-refractivity contribution >= 4 is 17.7 Å². The van der Waals surface area contributed by atoms with Crippen LogP contribution in [0.3, 0.4) is 0 Å². The maximum atomic E-state index is 12.4. The van der Waals surface area contributed by atoms with Crippen LogP contribution in [0, 0.1) is 11.8 Å². The summed E-state index contributed by atoms with van der Waals surface area (Å²) in [4.78, 5) is 38.3. The van der Waals surface area contributed by atoms with Gasteiger partial charge >= 0.3 is 0 Å². The van der Waals surface area contributed by atoms with Gasteiger partial charge in [0.05, 0.1) is 33.2 Å². The molecule has 0 unspecified atom stereocenters. The van der Waals surface area contributed by atoms with Gasteiger partial charge in [-0.2, -0.15) is 0 Å². The SMILES string of the molecule is COc1cc(CNC(=O)CN2C(=O)[C@H]3CC=CC[C@H]3C2=O)cc(OC)c1OC. The monoisotopic (exact) mass is 388 g/mol. The number of methoxy groups -OCH3 is 3. The number of likely N-dealkylation sites (tertiary alicyclic amines) is 1. The second kappa shape index (κ2) is 8.33. The number of amides is 3. The molecule has 1 fully saturated rings. The van der Waals surface area contributed by atoms with Gasteiger partial charge in [0.2, 0.25) is 23.5 Å². The zero-order chi connectivity index (χ0) is 20.3. The molecule has 0 saturated carbocycles. The Bertz CT molecular complexity index is 768. The molecule has 1 aliphatic heterocycles. The molecule has 1 heterocycles. The average Bonchev–Trinajstić information content (AvgIpc) is 2.96. The number of imide groups is 1. The molecular formula is C20H24N2O6. The van der Waals surface area contributed by atoms with Gasteiger partial charge in [-0.05, 0) is 30.5 Å². The van der Waals surface area contributed by atoms with E-state index in [1.54, 1.807) is 12.1 Å². The summed E-state index contributed by atoms with van der Waals surface area (Å²) < 4.78 is 15.9. The van der Waals surface area contributed by atoms with Crippen molar-refractivity contribution in [2.75, 3.05) is 27.9 Å². The van der Waals surface area contributed by atoms with E-state index in [-0.39, 0.29) is 36.7 Å². The van der Waals surface area contributed by atoms with Crippen LogP contribution >= 0.6 is 0 Å². The van der Waals surface area contributed by atoms with E-state index in [1.165, 1.54) is 21.3 Å². The van der Waals surface area contributed by atoms with Crippen LogP contribution in [0.5, 0.6) is 17.2 Å². The van der Waals surface area contributed by atoms with Crippen molar-refractivity contribution < 1.29 is 28.6 Å². The lowest BCUT2D eigenvalue weighted by Crippen LogP contribution is -2.40. The normalized spacial score (nSPS) is 20.8. The van der Waals surface area contributed by atoms with Crippen molar-refractivity contribution in [1.29, 1.82) is 0 Å². The lowest BCUT2D eigenvalue weighted by atomic mass is 9.85. The fourth-order valence-electron chi connectivity index (χ4n) is 3.66. The summed E-state index contributed by atoms with van der Waals surface area (Å²) in [6.45, 7) is -0.0741. The van der Waals surface area contributed by atoms with Gasteiger partial charge in [0, 0.05) is 6.54 Å². The van der Waals surface area contributed by atoms with Gasteiger partial charge in [-0.1, -0.05) is 12.2 Å². The van der Waals surface area contributed by atoms with Crippen LogP contribution in [0.4, 0.5) is 0 Å². The Hall–Kier alpha value is -3.03. The standard InChI is InChI=1S/C20H24N2O6/c1-26-15-8-12(9-16(27-2)18(15)28-3)10-21-17(23)11-22-19(24)13-6-4-5-7-14(13)20(22)25/h4-5,8-9,13-14H,6-7,10-11H2,1-3H3,(H,21,23)/t13-,14+. The first-order valence-electron chi connectivity index (χ1n) is 9.06. The summed E-state index contributed by atoms with van der Waals surface area (Å²) in [5, 5.41) is 2.74. The summed E-state index contributed by atoms with van der Waals surface area (Å²) in [5.41, 5.74) is 0.736. The van der Waals surface area contributed by atoms with Gasteiger partial charge in [-0.3, -0.25) is 19.3 Å². The molecule has 1 aliphatic carbocycles. The van der Waals surface area contributed by atoms with Crippen LogP contribution in [-0.4, -0.2) is 50.5 Å². The maximum Gasteiger partial charge on any atom is 0.240 e. The number of carbonyl (C=O) groups excluding carboxylic acids is 3. The van der Waals surface area contributed by atoms with E-state index in [1.807, 2.05) is 12.2 Å². The smallest absolute Gasteiger partial charge is 0.240 e. The molecule has 0 spiro atoms. The first-order chi connectivity index (χ1) is 13.5. The highest BCUT2D eigenvalue weighted by Gasteiger charge is 2.47. The molecule has 1 aromatic rings. The third kappa shape index (κ3) is 3.67. The second-order valence-corrected chi connectivity index (χ2v) is 6.73. The fourth-order valence-corrected chi connectivity index (χ4v) is 3.66. The Labute approximate surface area is 163 Å². The average molecular weight is 388 g/mol. The van der Waals surface area contributed by atoms with Gasteiger partial charge in [0.15, 0.2) is 11.5 Å². The first kappa shape index (κ1) is 19.7. The zero-order valence-corrected chi connectivity index (χ0v) is 16.2. The Morgan fingerprint density at radius 3 is 2.00 bits per heavy atom. The molecular weight excluding hydrogens is 364 g/mol. The summed E-state index contributed by atoms with van der Waals surface area (Å²) >= 11 is 0. The number of ether oxygens (including phenoxy) is 3. The minimum atomic E-state index is -0.401. The van der Waals surface area contributed by atoms with E-state index in [4.69, 9.17) is 14.2 Å². The molecule has 3 rings (SSSR count). The highest BCUT2D eigenvalue weighted by atomic mass is 16.5. The van der Waals surface area contributed by atoms with Crippen molar-refractivity contribution in [3.8, 4) is 17.2 Å². The van der Waals surface area contributed by atoms with E-state index in [9.17, 15) is 14.4 Å². The Morgan fingerprint density at radius 2 is 1.54 bits per heavy atom. The molecule has 0 radical (unpaired) electrons. The number of carbonyl (C=O) groups is 3. The highest BCUT2D eigenvalue weighted by Crippen LogP contribution is 2.38. The largest absolute Gasteiger partial charge is 0.493 e. The molecule has 2 atom stereocenters. The lowest BCUT2D eigenvalue weighted by molar-refractivity contribution is -0.143. The predicted octanol–water partition coefficient (Wildman–Crippen LogP) is 1.28. The van der Waals surface area contributed by atoms with Crippen LogP contribution < -0.4 is 19.5 Å². The fraction of sp³-hybridized carbons (Fsp3) is 0.450. The number of hydrogen-bond acceptors (Lipinski definition) is 6. The van der Waals surface area contributed by atoms with Crippen molar-refractivity contribution in [3.05, 3.63) is 29.8 Å². The first-order valence-corrected chi connectivity index (χ1v) is 9.06. The Kier molecular flexibility index (Phi) is 5.87. The van der Waals surface area contributed by atoms with Gasteiger partial charge < -0.3 is 19.5 Å². The molecule has 28 heavy (non-hydrogen) atoms. The van der Waals surface area contributed by atoms with Crippen molar-refractivity contribution in [1.82, 2.24) is 10.2 Å². The van der Waals surface area contributed by atoms with Crippen molar-refractivity contribution in [3.63, 3.8) is 0 Å². The van der Waals surface area contributed by atoms with Gasteiger partial charge in [0.1, 0.15) is 6.54 Å². The molecule has 2 aliphatic rings. The van der Waals surface area contributed by atoms with E-state index >= 15 is 0 Å². The number of benzene rings is 1. The quantitative estimate of drug-likeness (QED) is 0.559. The van der Waals surface area contributed by atoms with E-state index in [0.29, 0.717) is 30.1 Å². The molecule has 0 bridgehead atoms.